The molecular weight excluding hydrogens is 387 g/mol. The number of nitrogens with zero attached hydrogens (tertiary/aromatic N) is 2. The lowest BCUT2D eigenvalue weighted by molar-refractivity contribution is 0.0560. The van der Waals surface area contributed by atoms with Crippen LogP contribution in [0.15, 0.2) is 52.9 Å². The zero-order valence-electron chi connectivity index (χ0n) is 16.8. The van der Waals surface area contributed by atoms with Gasteiger partial charge >= 0.3 is 5.97 Å². The second-order valence-corrected chi connectivity index (χ2v) is 7.32. The third kappa shape index (κ3) is 4.07. The van der Waals surface area contributed by atoms with Crippen LogP contribution in [0.1, 0.15) is 33.1 Å². The van der Waals surface area contributed by atoms with Crippen LogP contribution < -0.4 is 0 Å². The summed E-state index contributed by atoms with van der Waals surface area (Å²) in [6.07, 6.45) is 0.815. The number of esters is 1. The van der Waals surface area contributed by atoms with Crippen molar-refractivity contribution < 1.29 is 23.1 Å². The SMILES string of the molecule is COC(=O)c1ccc(CN2CCCN(C(=O)c3ccc(F)c4ccccc34)CC2)o1. The molecule has 0 spiro atoms. The van der Waals surface area contributed by atoms with Crippen LogP contribution in [0, 0.1) is 5.82 Å². The van der Waals surface area contributed by atoms with E-state index in [1.165, 1.54) is 13.2 Å². The normalized spacial score (nSPS) is 15.2. The molecule has 30 heavy (non-hydrogen) atoms. The molecule has 0 radical (unpaired) electrons. The molecule has 1 aromatic heterocycles. The zero-order chi connectivity index (χ0) is 21.1. The topological polar surface area (TPSA) is 63.0 Å². The van der Waals surface area contributed by atoms with E-state index in [1.54, 1.807) is 36.4 Å². The molecule has 0 saturated carbocycles. The van der Waals surface area contributed by atoms with E-state index in [2.05, 4.69) is 9.64 Å². The van der Waals surface area contributed by atoms with Gasteiger partial charge in [0, 0.05) is 37.1 Å². The van der Waals surface area contributed by atoms with Crippen molar-refractivity contribution in [2.75, 3.05) is 33.3 Å². The first-order valence-corrected chi connectivity index (χ1v) is 9.92. The van der Waals surface area contributed by atoms with Gasteiger partial charge in [0.25, 0.3) is 5.91 Å². The van der Waals surface area contributed by atoms with Crippen LogP contribution in [0.2, 0.25) is 0 Å². The molecule has 3 aromatic rings. The van der Waals surface area contributed by atoms with Crippen molar-refractivity contribution in [1.29, 1.82) is 0 Å². The predicted molar refractivity (Wildman–Crippen MR) is 110 cm³/mol. The van der Waals surface area contributed by atoms with Crippen LogP contribution in [0.5, 0.6) is 0 Å². The summed E-state index contributed by atoms with van der Waals surface area (Å²) in [6.45, 7) is 3.24. The summed E-state index contributed by atoms with van der Waals surface area (Å²) >= 11 is 0. The van der Waals surface area contributed by atoms with Crippen LogP contribution in [0.4, 0.5) is 4.39 Å². The van der Waals surface area contributed by atoms with Gasteiger partial charge in [-0.1, -0.05) is 24.3 Å². The van der Waals surface area contributed by atoms with Gasteiger partial charge < -0.3 is 14.1 Å². The van der Waals surface area contributed by atoms with Crippen molar-refractivity contribution >= 4 is 22.6 Å². The molecule has 0 atom stereocenters. The molecule has 0 unspecified atom stereocenters. The fourth-order valence-electron chi connectivity index (χ4n) is 3.84. The molecule has 4 rings (SSSR count). The Morgan fingerprint density at radius 1 is 1.00 bits per heavy atom. The van der Waals surface area contributed by atoms with Gasteiger partial charge in [-0.3, -0.25) is 9.69 Å². The second kappa shape index (κ2) is 8.67. The van der Waals surface area contributed by atoms with Crippen molar-refractivity contribution in [3.05, 3.63) is 71.4 Å². The summed E-state index contributed by atoms with van der Waals surface area (Å²) < 4.78 is 24.3. The van der Waals surface area contributed by atoms with Gasteiger partial charge in [-0.2, -0.15) is 0 Å². The quantitative estimate of drug-likeness (QED) is 0.614. The van der Waals surface area contributed by atoms with Crippen LogP contribution in [0.3, 0.4) is 0 Å². The van der Waals surface area contributed by atoms with E-state index in [0.29, 0.717) is 48.3 Å². The van der Waals surface area contributed by atoms with E-state index in [4.69, 9.17) is 4.42 Å². The van der Waals surface area contributed by atoms with Gasteiger partial charge in [-0.25, -0.2) is 9.18 Å². The maximum absolute atomic E-state index is 14.1. The Balaban J connectivity index is 1.44. The molecule has 7 heteroatoms. The third-order valence-corrected chi connectivity index (χ3v) is 5.40. The number of rotatable bonds is 4. The summed E-state index contributed by atoms with van der Waals surface area (Å²) in [4.78, 5) is 28.7. The first-order chi connectivity index (χ1) is 14.6. The minimum absolute atomic E-state index is 0.0842. The zero-order valence-corrected chi connectivity index (χ0v) is 16.8. The van der Waals surface area contributed by atoms with Gasteiger partial charge in [0.1, 0.15) is 11.6 Å². The van der Waals surface area contributed by atoms with Crippen molar-refractivity contribution in [3.63, 3.8) is 0 Å². The molecular formula is C23H23FN2O4. The van der Waals surface area contributed by atoms with Gasteiger partial charge in [0.05, 0.1) is 13.7 Å². The van der Waals surface area contributed by atoms with E-state index in [1.807, 2.05) is 11.0 Å². The smallest absolute Gasteiger partial charge is 0.373 e. The van der Waals surface area contributed by atoms with E-state index >= 15 is 0 Å². The van der Waals surface area contributed by atoms with Crippen molar-refractivity contribution in [2.24, 2.45) is 0 Å². The molecule has 1 aliphatic heterocycles. The number of ether oxygens (including phenoxy) is 1. The first kappa shape index (κ1) is 20.1. The second-order valence-electron chi connectivity index (χ2n) is 7.32. The molecule has 1 amide bonds. The monoisotopic (exact) mass is 410 g/mol. The van der Waals surface area contributed by atoms with Gasteiger partial charge in [0.15, 0.2) is 0 Å². The summed E-state index contributed by atoms with van der Waals surface area (Å²) in [6, 6.07) is 13.4. The summed E-state index contributed by atoms with van der Waals surface area (Å²) in [5.74, 6) is -0.0459. The predicted octanol–water partition coefficient (Wildman–Crippen LogP) is 3.71. The van der Waals surface area contributed by atoms with Gasteiger partial charge in [0.2, 0.25) is 5.76 Å². The summed E-state index contributed by atoms with van der Waals surface area (Å²) in [5, 5.41) is 1.09. The lowest BCUT2D eigenvalue weighted by atomic mass is 10.0. The van der Waals surface area contributed by atoms with Crippen LogP contribution >= 0.6 is 0 Å². The van der Waals surface area contributed by atoms with Gasteiger partial charge in [-0.05, 0) is 36.1 Å². The molecule has 2 aromatic carbocycles. The van der Waals surface area contributed by atoms with E-state index in [-0.39, 0.29) is 17.5 Å². The molecule has 0 N–H and O–H groups in total. The van der Waals surface area contributed by atoms with Crippen molar-refractivity contribution in [1.82, 2.24) is 9.80 Å². The standard InChI is InChI=1S/C23H23FN2O4/c1-29-23(28)21-10-7-16(30-21)15-25-11-4-12-26(14-13-25)22(27)19-8-9-20(24)18-6-3-2-5-17(18)19/h2-3,5-10H,4,11-15H2,1H3. The molecule has 1 fully saturated rings. The molecule has 1 aliphatic rings. The lowest BCUT2D eigenvalue weighted by Gasteiger charge is -2.22. The minimum atomic E-state index is -0.500. The molecule has 6 nitrogen and oxygen atoms in total. The van der Waals surface area contributed by atoms with Crippen molar-refractivity contribution in [3.8, 4) is 0 Å². The fraction of sp³-hybridized carbons (Fsp3) is 0.304. The Bertz CT molecular complexity index is 1080. The fourth-order valence-corrected chi connectivity index (χ4v) is 3.84. The Morgan fingerprint density at radius 3 is 2.60 bits per heavy atom. The highest BCUT2D eigenvalue weighted by Gasteiger charge is 2.23. The summed E-state index contributed by atoms with van der Waals surface area (Å²) in [5.41, 5.74) is 0.522. The first-order valence-electron chi connectivity index (χ1n) is 9.92. The van der Waals surface area contributed by atoms with Crippen molar-refractivity contribution in [2.45, 2.75) is 13.0 Å². The third-order valence-electron chi connectivity index (χ3n) is 5.40. The van der Waals surface area contributed by atoms with Crippen LogP contribution in [-0.4, -0.2) is 55.0 Å². The summed E-state index contributed by atoms with van der Waals surface area (Å²) in [7, 11) is 1.31. The largest absolute Gasteiger partial charge is 0.463 e. The average molecular weight is 410 g/mol. The maximum Gasteiger partial charge on any atom is 0.373 e. The maximum atomic E-state index is 14.1. The average Bonchev–Trinajstić information content (AvgIpc) is 3.11. The number of methoxy groups -OCH3 is 1. The highest BCUT2D eigenvalue weighted by atomic mass is 19.1. The molecule has 1 saturated heterocycles. The molecule has 0 aliphatic carbocycles. The lowest BCUT2D eigenvalue weighted by Crippen LogP contribution is -2.35. The van der Waals surface area contributed by atoms with Gasteiger partial charge in [-0.15, -0.1) is 0 Å². The number of carbonyl (C=O) groups is 2. The Morgan fingerprint density at radius 2 is 1.80 bits per heavy atom. The molecule has 156 valence electrons. The number of fused-ring (bicyclic) bond motifs is 1. The van der Waals surface area contributed by atoms with Crippen LogP contribution in [0.25, 0.3) is 10.8 Å². The Labute approximate surface area is 173 Å². The Hall–Kier alpha value is -3.19. The molecule has 0 bridgehead atoms. The van der Waals surface area contributed by atoms with E-state index < -0.39 is 5.97 Å². The number of amides is 1. The number of hydrogen-bond donors (Lipinski definition) is 0. The van der Waals surface area contributed by atoms with Crippen LogP contribution in [-0.2, 0) is 11.3 Å². The van der Waals surface area contributed by atoms with E-state index in [0.717, 1.165) is 13.0 Å². The minimum Gasteiger partial charge on any atom is -0.463 e. The van der Waals surface area contributed by atoms with E-state index in [9.17, 15) is 14.0 Å². The number of halogens is 1. The molecule has 2 heterocycles. The number of furan rings is 1. The highest BCUT2D eigenvalue weighted by Crippen LogP contribution is 2.24. The number of carbonyl (C=O) groups excluding carboxylic acids is 2. The highest BCUT2D eigenvalue weighted by molar-refractivity contribution is 6.07. The number of benzene rings is 2. The Kier molecular flexibility index (Phi) is 5.81. The number of hydrogen-bond acceptors (Lipinski definition) is 5.